The van der Waals surface area contributed by atoms with Gasteiger partial charge in [-0.15, -0.1) is 0 Å². The average Bonchev–Trinajstić information content (AvgIpc) is 3.16. The fraction of sp³-hybridized carbons (Fsp3) is 0.706. The lowest BCUT2D eigenvalue weighted by Gasteiger charge is -2.26. The van der Waals surface area contributed by atoms with E-state index >= 15 is 0 Å². The molecule has 1 fully saturated rings. The summed E-state index contributed by atoms with van der Waals surface area (Å²) in [6.07, 6.45) is 6.77. The van der Waals surface area contributed by atoms with E-state index in [2.05, 4.69) is 38.0 Å². The molecule has 0 aliphatic heterocycles. The first-order valence-corrected chi connectivity index (χ1v) is 7.74. The molecule has 1 atom stereocenters. The second-order valence-electron chi connectivity index (χ2n) is 6.41. The summed E-state index contributed by atoms with van der Waals surface area (Å²) < 4.78 is 5.52. The molecule has 3 nitrogen and oxygen atoms in total. The van der Waals surface area contributed by atoms with Crippen molar-refractivity contribution in [1.82, 2.24) is 10.3 Å². The standard InChI is InChI=1S/C17H28N2O/c1-6-9-18-15(17(4)7-8-17)10-14-13(3)16(20-5)12(2)11-19-14/h11,15,18H,6-10H2,1-5H3. The molecule has 1 aromatic heterocycles. The van der Waals surface area contributed by atoms with Crippen molar-refractivity contribution < 1.29 is 4.74 Å². The lowest BCUT2D eigenvalue weighted by atomic mass is 9.92. The van der Waals surface area contributed by atoms with Crippen molar-refractivity contribution in [2.24, 2.45) is 5.41 Å². The molecule has 0 amide bonds. The second-order valence-corrected chi connectivity index (χ2v) is 6.41. The molecular weight excluding hydrogens is 248 g/mol. The Kier molecular flexibility index (Phi) is 4.69. The molecule has 1 aliphatic rings. The van der Waals surface area contributed by atoms with E-state index in [1.54, 1.807) is 7.11 Å². The van der Waals surface area contributed by atoms with Crippen molar-refractivity contribution in [2.75, 3.05) is 13.7 Å². The van der Waals surface area contributed by atoms with Crippen LogP contribution in [-0.2, 0) is 6.42 Å². The molecule has 20 heavy (non-hydrogen) atoms. The number of nitrogens with one attached hydrogen (secondary N) is 1. The molecule has 1 aromatic rings. The fourth-order valence-corrected chi connectivity index (χ4v) is 2.90. The first kappa shape index (κ1) is 15.3. The Hall–Kier alpha value is -1.09. The van der Waals surface area contributed by atoms with Gasteiger partial charge in [0, 0.05) is 35.5 Å². The lowest BCUT2D eigenvalue weighted by Crippen LogP contribution is -2.39. The zero-order valence-corrected chi connectivity index (χ0v) is 13.5. The van der Waals surface area contributed by atoms with Crippen LogP contribution >= 0.6 is 0 Å². The number of hydrogen-bond donors (Lipinski definition) is 1. The van der Waals surface area contributed by atoms with Crippen LogP contribution in [0.2, 0.25) is 0 Å². The topological polar surface area (TPSA) is 34.2 Å². The normalized spacial score (nSPS) is 17.9. The molecule has 1 saturated carbocycles. The Bertz CT molecular complexity index is 466. The Morgan fingerprint density at radius 3 is 2.65 bits per heavy atom. The maximum Gasteiger partial charge on any atom is 0.128 e. The summed E-state index contributed by atoms with van der Waals surface area (Å²) in [6, 6.07) is 0.529. The van der Waals surface area contributed by atoms with Crippen molar-refractivity contribution in [3.8, 4) is 5.75 Å². The van der Waals surface area contributed by atoms with Crippen LogP contribution in [0.15, 0.2) is 6.20 Å². The number of pyridine rings is 1. The third-order valence-corrected chi connectivity index (χ3v) is 4.67. The van der Waals surface area contributed by atoms with Gasteiger partial charge < -0.3 is 10.1 Å². The summed E-state index contributed by atoms with van der Waals surface area (Å²) in [5.74, 6) is 0.991. The van der Waals surface area contributed by atoms with Crippen molar-refractivity contribution in [1.29, 1.82) is 0 Å². The molecule has 2 rings (SSSR count). The molecule has 0 saturated heterocycles. The Morgan fingerprint density at radius 1 is 1.40 bits per heavy atom. The predicted octanol–water partition coefficient (Wildman–Crippen LogP) is 3.42. The summed E-state index contributed by atoms with van der Waals surface area (Å²) in [4.78, 5) is 4.66. The van der Waals surface area contributed by atoms with Crippen LogP contribution in [0.4, 0.5) is 0 Å². The molecule has 0 radical (unpaired) electrons. The summed E-state index contributed by atoms with van der Waals surface area (Å²) in [6.45, 7) is 9.87. The van der Waals surface area contributed by atoms with Gasteiger partial charge in [-0.2, -0.15) is 0 Å². The summed E-state index contributed by atoms with van der Waals surface area (Å²) in [5, 5.41) is 3.72. The quantitative estimate of drug-likeness (QED) is 0.828. The number of aromatic nitrogens is 1. The molecule has 3 heteroatoms. The van der Waals surface area contributed by atoms with Gasteiger partial charge in [0.15, 0.2) is 0 Å². The minimum Gasteiger partial charge on any atom is -0.496 e. The molecule has 1 aliphatic carbocycles. The average molecular weight is 276 g/mol. The maximum atomic E-state index is 5.52. The van der Waals surface area contributed by atoms with Gasteiger partial charge in [0.05, 0.1) is 7.11 Å². The third-order valence-electron chi connectivity index (χ3n) is 4.67. The summed E-state index contributed by atoms with van der Waals surface area (Å²) in [5.41, 5.74) is 3.94. The van der Waals surface area contributed by atoms with Crippen LogP contribution in [-0.4, -0.2) is 24.7 Å². The van der Waals surface area contributed by atoms with E-state index in [-0.39, 0.29) is 0 Å². The SMILES string of the molecule is CCCNC(Cc1ncc(C)c(OC)c1C)C1(C)CC1. The Morgan fingerprint density at radius 2 is 2.10 bits per heavy atom. The minimum absolute atomic E-state index is 0.460. The smallest absolute Gasteiger partial charge is 0.128 e. The molecule has 0 aromatic carbocycles. The van der Waals surface area contributed by atoms with Crippen LogP contribution < -0.4 is 10.1 Å². The molecule has 0 spiro atoms. The van der Waals surface area contributed by atoms with E-state index in [0.29, 0.717) is 11.5 Å². The molecule has 1 unspecified atom stereocenters. The zero-order valence-electron chi connectivity index (χ0n) is 13.5. The van der Waals surface area contributed by atoms with Crippen LogP contribution in [0.5, 0.6) is 5.75 Å². The van der Waals surface area contributed by atoms with Gasteiger partial charge in [0.1, 0.15) is 5.75 Å². The third kappa shape index (κ3) is 3.14. The number of hydrogen-bond acceptors (Lipinski definition) is 3. The zero-order chi connectivity index (χ0) is 14.8. The first-order valence-electron chi connectivity index (χ1n) is 7.74. The largest absolute Gasteiger partial charge is 0.496 e. The van der Waals surface area contributed by atoms with Gasteiger partial charge in [-0.25, -0.2) is 0 Å². The summed E-state index contributed by atoms with van der Waals surface area (Å²) in [7, 11) is 1.74. The highest BCUT2D eigenvalue weighted by Gasteiger charge is 2.44. The Balaban J connectivity index is 2.18. The van der Waals surface area contributed by atoms with Crippen molar-refractivity contribution in [3.63, 3.8) is 0 Å². The van der Waals surface area contributed by atoms with Crippen LogP contribution in [0.1, 0.15) is 49.9 Å². The van der Waals surface area contributed by atoms with Gasteiger partial charge in [0.25, 0.3) is 0 Å². The molecule has 0 bridgehead atoms. The van der Waals surface area contributed by atoms with Gasteiger partial charge in [-0.05, 0) is 45.1 Å². The highest BCUT2D eigenvalue weighted by atomic mass is 16.5. The van der Waals surface area contributed by atoms with E-state index < -0.39 is 0 Å². The highest BCUT2D eigenvalue weighted by molar-refractivity contribution is 5.41. The van der Waals surface area contributed by atoms with E-state index in [1.165, 1.54) is 30.5 Å². The lowest BCUT2D eigenvalue weighted by molar-refractivity contribution is 0.350. The van der Waals surface area contributed by atoms with Gasteiger partial charge in [0.2, 0.25) is 0 Å². The van der Waals surface area contributed by atoms with Gasteiger partial charge >= 0.3 is 0 Å². The number of rotatable bonds is 7. The first-order chi connectivity index (χ1) is 9.51. The predicted molar refractivity (Wildman–Crippen MR) is 83.4 cm³/mol. The van der Waals surface area contributed by atoms with Crippen LogP contribution in [0, 0.1) is 19.3 Å². The van der Waals surface area contributed by atoms with Crippen LogP contribution in [0.25, 0.3) is 0 Å². The van der Waals surface area contributed by atoms with Crippen molar-refractivity contribution in [3.05, 3.63) is 23.0 Å². The number of aryl methyl sites for hydroxylation is 1. The monoisotopic (exact) mass is 276 g/mol. The van der Waals surface area contributed by atoms with E-state index in [1.807, 2.05) is 6.20 Å². The van der Waals surface area contributed by atoms with Crippen molar-refractivity contribution in [2.45, 2.75) is 59.4 Å². The highest BCUT2D eigenvalue weighted by Crippen LogP contribution is 2.49. The Labute approximate surface area is 123 Å². The van der Waals surface area contributed by atoms with E-state index in [4.69, 9.17) is 4.74 Å². The molecule has 1 N–H and O–H groups in total. The van der Waals surface area contributed by atoms with Crippen LogP contribution in [0.3, 0.4) is 0 Å². The second kappa shape index (κ2) is 6.13. The number of methoxy groups -OCH3 is 1. The van der Waals surface area contributed by atoms with Gasteiger partial charge in [-0.1, -0.05) is 13.8 Å². The van der Waals surface area contributed by atoms with Crippen molar-refractivity contribution >= 4 is 0 Å². The fourth-order valence-electron chi connectivity index (χ4n) is 2.90. The summed E-state index contributed by atoms with van der Waals surface area (Å²) >= 11 is 0. The van der Waals surface area contributed by atoms with E-state index in [9.17, 15) is 0 Å². The number of nitrogens with zero attached hydrogens (tertiary/aromatic N) is 1. The maximum absolute atomic E-state index is 5.52. The molecule has 1 heterocycles. The molecule has 112 valence electrons. The van der Waals surface area contributed by atoms with Gasteiger partial charge in [-0.3, -0.25) is 4.98 Å². The molecular formula is C17H28N2O. The minimum atomic E-state index is 0.460. The number of ether oxygens (including phenoxy) is 1. The van der Waals surface area contributed by atoms with E-state index in [0.717, 1.165) is 24.3 Å².